The summed E-state index contributed by atoms with van der Waals surface area (Å²) in [5, 5.41) is 1.34. The fourth-order valence-corrected chi connectivity index (χ4v) is 3.85. The highest BCUT2D eigenvalue weighted by Crippen LogP contribution is 2.35. The molecule has 2 aromatic heterocycles. The lowest BCUT2D eigenvalue weighted by Gasteiger charge is -2.37. The predicted molar refractivity (Wildman–Crippen MR) is 109 cm³/mol. The van der Waals surface area contributed by atoms with E-state index in [0.29, 0.717) is 47.8 Å². The first-order valence-electron chi connectivity index (χ1n) is 9.08. The van der Waals surface area contributed by atoms with Gasteiger partial charge in [-0.2, -0.15) is 0 Å². The monoisotopic (exact) mass is 394 g/mol. The van der Waals surface area contributed by atoms with Gasteiger partial charge in [0.15, 0.2) is 5.78 Å². The number of carbonyl (C=O) groups excluding carboxylic acids is 2. The van der Waals surface area contributed by atoms with E-state index in [1.165, 1.54) is 6.92 Å². The lowest BCUT2D eigenvalue weighted by Crippen LogP contribution is -2.49. The Labute approximate surface area is 167 Å². The lowest BCUT2D eigenvalue weighted by atomic mass is 10.0. The third-order valence-electron chi connectivity index (χ3n) is 5.01. The number of nitrogens with zero attached hydrogens (tertiary/aromatic N) is 4. The molecule has 1 aliphatic rings. The van der Waals surface area contributed by atoms with E-state index in [9.17, 15) is 9.59 Å². The number of amides is 1. The van der Waals surface area contributed by atoms with Gasteiger partial charge in [0, 0.05) is 61.3 Å². The highest BCUT2D eigenvalue weighted by atomic mass is 35.5. The van der Waals surface area contributed by atoms with Crippen molar-refractivity contribution in [2.75, 3.05) is 31.1 Å². The number of halogens is 1. The molecular formula is C21H19ClN4O2. The Bertz CT molecular complexity index is 1050. The number of hydrogen-bond acceptors (Lipinski definition) is 5. The SMILES string of the molecule is CC(=O)c1cc(Cl)c2cccnc2c1N1CCN(C(=O)c2ccncc2)CC1. The van der Waals surface area contributed by atoms with Crippen LogP contribution in [0.25, 0.3) is 10.9 Å². The lowest BCUT2D eigenvalue weighted by molar-refractivity contribution is 0.0746. The van der Waals surface area contributed by atoms with Gasteiger partial charge in [-0.1, -0.05) is 11.6 Å². The summed E-state index contributed by atoms with van der Waals surface area (Å²) in [7, 11) is 0. The first-order chi connectivity index (χ1) is 13.6. The second kappa shape index (κ2) is 7.56. The summed E-state index contributed by atoms with van der Waals surface area (Å²) in [4.78, 5) is 37.4. The predicted octanol–water partition coefficient (Wildman–Crippen LogP) is 3.45. The van der Waals surface area contributed by atoms with Gasteiger partial charge in [0.2, 0.25) is 0 Å². The minimum Gasteiger partial charge on any atom is -0.366 e. The molecule has 3 heterocycles. The van der Waals surface area contributed by atoms with E-state index in [1.54, 1.807) is 36.8 Å². The third-order valence-corrected chi connectivity index (χ3v) is 5.32. The average Bonchev–Trinajstić information content (AvgIpc) is 2.74. The first kappa shape index (κ1) is 18.4. The Morgan fingerprint density at radius 1 is 1.04 bits per heavy atom. The van der Waals surface area contributed by atoms with Crippen LogP contribution in [0.3, 0.4) is 0 Å². The van der Waals surface area contributed by atoms with Crippen LogP contribution in [-0.4, -0.2) is 52.7 Å². The van der Waals surface area contributed by atoms with Gasteiger partial charge in [-0.3, -0.25) is 19.6 Å². The molecule has 0 atom stereocenters. The molecule has 0 saturated carbocycles. The van der Waals surface area contributed by atoms with E-state index in [-0.39, 0.29) is 11.7 Å². The van der Waals surface area contributed by atoms with Gasteiger partial charge in [-0.15, -0.1) is 0 Å². The van der Waals surface area contributed by atoms with Crippen molar-refractivity contribution in [3.63, 3.8) is 0 Å². The number of pyridine rings is 2. The molecule has 1 aliphatic heterocycles. The van der Waals surface area contributed by atoms with Gasteiger partial charge >= 0.3 is 0 Å². The second-order valence-electron chi connectivity index (χ2n) is 6.73. The van der Waals surface area contributed by atoms with E-state index in [0.717, 1.165) is 11.1 Å². The van der Waals surface area contributed by atoms with Crippen molar-refractivity contribution in [1.82, 2.24) is 14.9 Å². The number of Topliss-reactive ketones (excluding diaryl/α,β-unsaturated/α-hetero) is 1. The Morgan fingerprint density at radius 2 is 1.75 bits per heavy atom. The van der Waals surface area contributed by atoms with Crippen molar-refractivity contribution >= 4 is 39.9 Å². The normalized spacial score (nSPS) is 14.4. The van der Waals surface area contributed by atoms with Crippen LogP contribution >= 0.6 is 11.6 Å². The van der Waals surface area contributed by atoms with Crippen LogP contribution in [0.15, 0.2) is 48.9 Å². The van der Waals surface area contributed by atoms with Crippen molar-refractivity contribution in [3.8, 4) is 0 Å². The fourth-order valence-electron chi connectivity index (χ4n) is 3.59. The van der Waals surface area contributed by atoms with Crippen LogP contribution in [0.5, 0.6) is 0 Å². The molecule has 0 radical (unpaired) electrons. The molecule has 1 saturated heterocycles. The Hall–Kier alpha value is -2.99. The van der Waals surface area contributed by atoms with Crippen LogP contribution in [0.2, 0.25) is 5.02 Å². The van der Waals surface area contributed by atoms with Gasteiger partial charge in [-0.05, 0) is 37.3 Å². The molecule has 28 heavy (non-hydrogen) atoms. The van der Waals surface area contributed by atoms with E-state index >= 15 is 0 Å². The van der Waals surface area contributed by atoms with Crippen molar-refractivity contribution in [2.45, 2.75) is 6.92 Å². The Balaban J connectivity index is 1.64. The highest BCUT2D eigenvalue weighted by molar-refractivity contribution is 6.36. The molecule has 4 rings (SSSR count). The molecule has 1 fully saturated rings. The summed E-state index contributed by atoms with van der Waals surface area (Å²) in [5.74, 6) is -0.0623. The summed E-state index contributed by atoms with van der Waals surface area (Å²) in [5.41, 5.74) is 2.70. The number of fused-ring (bicyclic) bond motifs is 1. The zero-order valence-corrected chi connectivity index (χ0v) is 16.2. The van der Waals surface area contributed by atoms with Gasteiger partial charge in [0.05, 0.1) is 16.2 Å². The minimum atomic E-state index is -0.0558. The van der Waals surface area contributed by atoms with Gasteiger partial charge in [0.1, 0.15) is 0 Å². The third kappa shape index (κ3) is 3.31. The van der Waals surface area contributed by atoms with Crippen molar-refractivity contribution in [2.24, 2.45) is 0 Å². The smallest absolute Gasteiger partial charge is 0.254 e. The number of hydrogen-bond donors (Lipinski definition) is 0. The number of rotatable bonds is 3. The standard InChI is InChI=1S/C21H19ClN4O2/c1-14(27)17-13-18(22)16-3-2-6-24-19(16)20(17)25-9-11-26(12-10-25)21(28)15-4-7-23-8-5-15/h2-8,13H,9-12H2,1H3. The molecular weight excluding hydrogens is 376 g/mol. The number of aromatic nitrogens is 2. The number of benzene rings is 1. The summed E-state index contributed by atoms with van der Waals surface area (Å²) in [6, 6.07) is 8.90. The molecule has 1 amide bonds. The van der Waals surface area contributed by atoms with Crippen LogP contribution in [-0.2, 0) is 0 Å². The summed E-state index contributed by atoms with van der Waals surface area (Å²) < 4.78 is 0. The highest BCUT2D eigenvalue weighted by Gasteiger charge is 2.26. The molecule has 7 heteroatoms. The summed E-state index contributed by atoms with van der Waals surface area (Å²) in [6.07, 6.45) is 4.94. The van der Waals surface area contributed by atoms with Gasteiger partial charge in [0.25, 0.3) is 5.91 Å². The van der Waals surface area contributed by atoms with Crippen molar-refractivity contribution in [3.05, 3.63) is 65.1 Å². The molecule has 0 spiro atoms. The molecule has 0 bridgehead atoms. The number of piperazine rings is 1. The van der Waals surface area contributed by atoms with E-state index in [4.69, 9.17) is 11.6 Å². The van der Waals surface area contributed by atoms with Crippen molar-refractivity contribution in [1.29, 1.82) is 0 Å². The zero-order chi connectivity index (χ0) is 19.7. The van der Waals surface area contributed by atoms with Crippen LogP contribution in [0.1, 0.15) is 27.6 Å². The van der Waals surface area contributed by atoms with E-state index in [1.807, 2.05) is 17.0 Å². The quantitative estimate of drug-likeness (QED) is 0.636. The maximum Gasteiger partial charge on any atom is 0.254 e. The largest absolute Gasteiger partial charge is 0.366 e. The summed E-state index contributed by atoms with van der Waals surface area (Å²) in [6.45, 7) is 3.90. The number of anilines is 1. The van der Waals surface area contributed by atoms with E-state index in [2.05, 4.69) is 14.9 Å². The zero-order valence-electron chi connectivity index (χ0n) is 15.4. The molecule has 6 nitrogen and oxygen atoms in total. The maximum absolute atomic E-state index is 12.7. The molecule has 0 aliphatic carbocycles. The number of carbonyl (C=O) groups is 2. The first-order valence-corrected chi connectivity index (χ1v) is 9.46. The second-order valence-corrected chi connectivity index (χ2v) is 7.13. The Morgan fingerprint density at radius 3 is 2.43 bits per heavy atom. The van der Waals surface area contributed by atoms with Gasteiger partial charge in [-0.25, -0.2) is 0 Å². The molecule has 0 unspecified atom stereocenters. The average molecular weight is 395 g/mol. The summed E-state index contributed by atoms with van der Waals surface area (Å²) >= 11 is 6.38. The topological polar surface area (TPSA) is 66.4 Å². The molecule has 142 valence electrons. The van der Waals surface area contributed by atoms with Gasteiger partial charge < -0.3 is 9.80 Å². The van der Waals surface area contributed by atoms with Crippen LogP contribution in [0.4, 0.5) is 5.69 Å². The minimum absolute atomic E-state index is 0.00655. The maximum atomic E-state index is 12.7. The van der Waals surface area contributed by atoms with Crippen molar-refractivity contribution < 1.29 is 9.59 Å². The van der Waals surface area contributed by atoms with Crippen LogP contribution < -0.4 is 4.90 Å². The van der Waals surface area contributed by atoms with Crippen LogP contribution in [0, 0.1) is 0 Å². The van der Waals surface area contributed by atoms with E-state index < -0.39 is 0 Å². The molecule has 0 N–H and O–H groups in total. The Kier molecular flexibility index (Phi) is 4.96. The molecule has 3 aromatic rings. The number of ketones is 1. The fraction of sp³-hybridized carbons (Fsp3) is 0.238. The molecule has 1 aromatic carbocycles.